The van der Waals surface area contributed by atoms with Gasteiger partial charge in [-0.3, -0.25) is 9.78 Å². The van der Waals surface area contributed by atoms with E-state index in [1.54, 1.807) is 30.1 Å². The summed E-state index contributed by atoms with van der Waals surface area (Å²) in [4.78, 5) is 50.8. The molecule has 0 fully saturated rings. The highest BCUT2D eigenvalue weighted by Gasteiger charge is 2.31. The SMILES string of the molecule is CCc1nc(CN(C)C(=O)N[C@H](C(=O)N[C@@H](Cc2ccccc2)[C@@H](O)C[C@H](Cc2ccccc2)NC(=O)OCc2cncs2)C(C)C)cs1. The van der Waals surface area contributed by atoms with Crippen molar-refractivity contribution >= 4 is 40.7 Å². The van der Waals surface area contributed by atoms with Crippen LogP contribution in [0.25, 0.3) is 0 Å². The standard InChI is InChI=1S/C36H46N6O5S2/c1-5-32-38-28(22-48-32)20-42(4)35(45)41-33(24(2)3)34(44)40-30(17-26-14-10-7-11-15-26)31(43)18-27(16-25-12-8-6-9-13-25)39-36(46)47-21-29-19-37-23-49-29/h6-15,19,22-24,27,30-31,33,43H,5,16-18,20-21H2,1-4H3,(H,39,46)(H,40,44)(H,41,45)/t27-,30-,31-,33-/m0/s1. The average molecular weight is 707 g/mol. The van der Waals surface area contributed by atoms with E-state index in [0.717, 1.165) is 33.1 Å². The number of hydrogen-bond donors (Lipinski definition) is 4. The fourth-order valence-electron chi connectivity index (χ4n) is 5.31. The molecule has 4 rings (SSSR count). The first kappa shape index (κ1) is 37.5. The largest absolute Gasteiger partial charge is 0.444 e. The molecule has 2 aromatic heterocycles. The fraction of sp³-hybridized carbons (Fsp3) is 0.417. The molecule has 0 saturated carbocycles. The van der Waals surface area contributed by atoms with E-state index in [2.05, 4.69) is 25.9 Å². The van der Waals surface area contributed by atoms with Gasteiger partial charge in [-0.25, -0.2) is 14.6 Å². The van der Waals surface area contributed by atoms with Crippen LogP contribution >= 0.6 is 22.7 Å². The van der Waals surface area contributed by atoms with Crippen LogP contribution in [0.1, 0.15) is 53.9 Å². The molecule has 13 heteroatoms. The van der Waals surface area contributed by atoms with Gasteiger partial charge in [-0.1, -0.05) is 81.4 Å². The van der Waals surface area contributed by atoms with Crippen molar-refractivity contribution in [3.63, 3.8) is 0 Å². The van der Waals surface area contributed by atoms with Crippen molar-refractivity contribution in [2.45, 2.75) is 83.8 Å². The number of nitrogens with one attached hydrogen (secondary N) is 3. The molecule has 0 aliphatic carbocycles. The number of aryl methyl sites for hydroxylation is 1. The Kier molecular flexibility index (Phi) is 14.5. The molecule has 0 spiro atoms. The molecule has 4 N–H and O–H groups in total. The molecule has 0 saturated heterocycles. The number of nitrogens with zero attached hydrogens (tertiary/aromatic N) is 3. The van der Waals surface area contributed by atoms with E-state index in [-0.39, 0.29) is 18.9 Å². The molecule has 0 unspecified atom stereocenters. The third-order valence-corrected chi connectivity index (χ3v) is 9.76. The zero-order chi connectivity index (χ0) is 35.2. The molecule has 0 aliphatic heterocycles. The smallest absolute Gasteiger partial charge is 0.407 e. The highest BCUT2D eigenvalue weighted by molar-refractivity contribution is 7.09. The molecule has 49 heavy (non-hydrogen) atoms. The number of carbonyl (C=O) groups excluding carboxylic acids is 3. The summed E-state index contributed by atoms with van der Waals surface area (Å²) in [5, 5.41) is 23.5. The second kappa shape index (κ2) is 19.0. The quantitative estimate of drug-likeness (QED) is 0.116. The molecule has 2 aromatic carbocycles. The maximum atomic E-state index is 13.8. The van der Waals surface area contributed by atoms with Gasteiger partial charge in [0, 0.05) is 24.7 Å². The van der Waals surface area contributed by atoms with E-state index in [1.807, 2.05) is 86.8 Å². The van der Waals surface area contributed by atoms with Crippen molar-refractivity contribution in [1.29, 1.82) is 0 Å². The Bertz CT molecular complexity index is 1590. The second-order valence-corrected chi connectivity index (χ2v) is 14.2. The van der Waals surface area contributed by atoms with Crippen LogP contribution in [0.15, 0.2) is 77.8 Å². The number of aliphatic hydroxyl groups excluding tert-OH is 1. The molecule has 4 amide bonds. The topological polar surface area (TPSA) is 146 Å². The van der Waals surface area contributed by atoms with Crippen molar-refractivity contribution in [3.05, 3.63) is 104 Å². The lowest BCUT2D eigenvalue weighted by Crippen LogP contribution is -2.57. The summed E-state index contributed by atoms with van der Waals surface area (Å²) in [5.74, 6) is -0.645. The third-order valence-electron chi connectivity index (χ3n) is 7.97. The number of carbonyl (C=O) groups is 3. The number of thiazole rings is 2. The second-order valence-electron chi connectivity index (χ2n) is 12.3. The number of benzene rings is 2. The van der Waals surface area contributed by atoms with Gasteiger partial charge in [-0.15, -0.1) is 22.7 Å². The van der Waals surface area contributed by atoms with Crippen LogP contribution in [-0.4, -0.2) is 69.3 Å². The van der Waals surface area contributed by atoms with Gasteiger partial charge in [0.25, 0.3) is 0 Å². The molecular formula is C36H46N6O5S2. The van der Waals surface area contributed by atoms with Crippen LogP contribution < -0.4 is 16.0 Å². The highest BCUT2D eigenvalue weighted by Crippen LogP contribution is 2.17. The van der Waals surface area contributed by atoms with Gasteiger partial charge in [0.15, 0.2) is 0 Å². The van der Waals surface area contributed by atoms with Crippen LogP contribution in [0.5, 0.6) is 0 Å². The molecule has 262 valence electrons. The number of hydrogen-bond acceptors (Lipinski definition) is 9. The van der Waals surface area contributed by atoms with Crippen LogP contribution in [-0.2, 0) is 41.9 Å². The molecule has 0 aliphatic rings. The lowest BCUT2D eigenvalue weighted by molar-refractivity contribution is -0.125. The minimum Gasteiger partial charge on any atom is -0.444 e. The van der Waals surface area contributed by atoms with Crippen molar-refractivity contribution < 1.29 is 24.2 Å². The van der Waals surface area contributed by atoms with Gasteiger partial charge in [-0.05, 0) is 42.7 Å². The van der Waals surface area contributed by atoms with E-state index in [1.165, 1.54) is 16.2 Å². The summed E-state index contributed by atoms with van der Waals surface area (Å²) in [6, 6.07) is 16.7. The Morgan fingerprint density at radius 3 is 2.20 bits per heavy atom. The minimum absolute atomic E-state index is 0.0881. The third kappa shape index (κ3) is 12.3. The van der Waals surface area contributed by atoms with Crippen LogP contribution in [0, 0.1) is 5.92 Å². The number of alkyl carbamates (subject to hydrolysis) is 1. The van der Waals surface area contributed by atoms with E-state index >= 15 is 0 Å². The van der Waals surface area contributed by atoms with E-state index in [9.17, 15) is 19.5 Å². The normalized spacial score (nSPS) is 13.6. The maximum Gasteiger partial charge on any atom is 0.407 e. The fourth-order valence-corrected chi connectivity index (χ4v) is 6.55. The monoisotopic (exact) mass is 706 g/mol. The zero-order valence-corrected chi connectivity index (χ0v) is 30.0. The average Bonchev–Trinajstić information content (AvgIpc) is 3.79. The highest BCUT2D eigenvalue weighted by atomic mass is 32.1. The Labute approximate surface area is 296 Å². The summed E-state index contributed by atoms with van der Waals surface area (Å²) in [6.45, 7) is 6.15. The number of urea groups is 1. The summed E-state index contributed by atoms with van der Waals surface area (Å²) in [5.41, 5.74) is 4.36. The number of aliphatic hydroxyl groups is 1. The molecule has 0 bridgehead atoms. The number of amides is 4. The first-order valence-corrected chi connectivity index (χ1v) is 18.2. The number of aromatic nitrogens is 2. The van der Waals surface area contributed by atoms with Crippen LogP contribution in [0.2, 0.25) is 0 Å². The summed E-state index contributed by atoms with van der Waals surface area (Å²) >= 11 is 2.95. The first-order chi connectivity index (χ1) is 23.6. The van der Waals surface area contributed by atoms with Gasteiger partial charge in [-0.2, -0.15) is 0 Å². The van der Waals surface area contributed by atoms with Crippen LogP contribution in [0.4, 0.5) is 9.59 Å². The predicted octanol–water partition coefficient (Wildman–Crippen LogP) is 5.34. The van der Waals surface area contributed by atoms with Gasteiger partial charge < -0.3 is 30.7 Å². The van der Waals surface area contributed by atoms with Crippen LogP contribution in [0.3, 0.4) is 0 Å². The van der Waals surface area contributed by atoms with Gasteiger partial charge in [0.05, 0.1) is 39.8 Å². The molecular weight excluding hydrogens is 661 g/mol. The molecule has 4 aromatic rings. The Hall–Kier alpha value is -4.33. The Morgan fingerprint density at radius 2 is 1.61 bits per heavy atom. The zero-order valence-electron chi connectivity index (χ0n) is 28.4. The molecule has 4 atom stereocenters. The summed E-state index contributed by atoms with van der Waals surface area (Å²) in [6.07, 6.45) is 1.72. The van der Waals surface area contributed by atoms with Gasteiger partial charge >= 0.3 is 12.1 Å². The first-order valence-electron chi connectivity index (χ1n) is 16.4. The van der Waals surface area contributed by atoms with Crippen molar-refractivity contribution in [2.24, 2.45) is 5.92 Å². The number of rotatable bonds is 17. The lowest BCUT2D eigenvalue weighted by atomic mass is 9.93. The van der Waals surface area contributed by atoms with Gasteiger partial charge in [0.2, 0.25) is 5.91 Å². The number of ether oxygens (including phenoxy) is 1. The van der Waals surface area contributed by atoms with Crippen molar-refractivity contribution in [2.75, 3.05) is 7.05 Å². The van der Waals surface area contributed by atoms with Crippen molar-refractivity contribution in [1.82, 2.24) is 30.8 Å². The molecule has 2 heterocycles. The van der Waals surface area contributed by atoms with Gasteiger partial charge in [0.1, 0.15) is 12.6 Å². The maximum absolute atomic E-state index is 13.8. The lowest BCUT2D eigenvalue weighted by Gasteiger charge is -2.31. The Balaban J connectivity index is 1.47. The van der Waals surface area contributed by atoms with E-state index in [4.69, 9.17) is 4.74 Å². The van der Waals surface area contributed by atoms with Crippen molar-refractivity contribution in [3.8, 4) is 0 Å². The minimum atomic E-state index is -1.05. The Morgan fingerprint density at radius 1 is 0.939 bits per heavy atom. The molecule has 0 radical (unpaired) electrons. The molecule has 11 nitrogen and oxygen atoms in total. The predicted molar refractivity (Wildman–Crippen MR) is 192 cm³/mol. The summed E-state index contributed by atoms with van der Waals surface area (Å²) in [7, 11) is 1.67. The van der Waals surface area contributed by atoms with E-state index < -0.39 is 42.3 Å². The van der Waals surface area contributed by atoms with E-state index in [0.29, 0.717) is 19.4 Å². The summed E-state index contributed by atoms with van der Waals surface area (Å²) < 4.78 is 5.44.